The highest BCUT2D eigenvalue weighted by Gasteiger charge is 2.17. The first kappa shape index (κ1) is 4.53. The van der Waals surface area contributed by atoms with E-state index in [1.54, 1.807) is 6.08 Å². The fourth-order valence-electron chi connectivity index (χ4n) is 0.336. The third-order valence-corrected chi connectivity index (χ3v) is 0.763. The number of aldehydes is 1. The van der Waals surface area contributed by atoms with Crippen LogP contribution in [0.4, 0.5) is 0 Å². The third kappa shape index (κ3) is 1.50. The van der Waals surface area contributed by atoms with Gasteiger partial charge in [0.2, 0.25) is 0 Å². The Hall–Kier alpha value is -0.630. The summed E-state index contributed by atoms with van der Waals surface area (Å²) in [6.45, 7) is 0.782. The summed E-state index contributed by atoms with van der Waals surface area (Å²) in [5.41, 5.74) is 0. The molecule has 1 fully saturated rings. The number of hydrogen-bond acceptors (Lipinski definition) is 2. The van der Waals surface area contributed by atoms with Crippen LogP contribution in [0.1, 0.15) is 0 Å². The highest BCUT2D eigenvalue weighted by atomic mass is 16.6. The summed E-state index contributed by atoms with van der Waals surface area (Å²) in [6.07, 6.45) is 4.19. The topological polar surface area (TPSA) is 29.6 Å². The molecular formula is C5H6O2. The fraction of sp³-hybridized carbons (Fsp3) is 0.400. The van der Waals surface area contributed by atoms with Crippen molar-refractivity contribution in [3.05, 3.63) is 12.2 Å². The lowest BCUT2D eigenvalue weighted by molar-refractivity contribution is -0.104. The standard InChI is InChI=1S/C5H6O2/c6-3-1-2-5-4-7-5/h1-3,5H,4H2/b2-1+. The smallest absolute Gasteiger partial charge is 0.142 e. The number of allylic oxidation sites excluding steroid dienone is 1. The predicted molar refractivity (Wildman–Crippen MR) is 24.9 cm³/mol. The van der Waals surface area contributed by atoms with E-state index in [-0.39, 0.29) is 6.10 Å². The highest BCUT2D eigenvalue weighted by Crippen LogP contribution is 2.08. The van der Waals surface area contributed by atoms with E-state index in [0.29, 0.717) is 0 Å². The van der Waals surface area contributed by atoms with E-state index in [0.717, 1.165) is 12.9 Å². The van der Waals surface area contributed by atoms with Crippen LogP contribution in [0.3, 0.4) is 0 Å². The van der Waals surface area contributed by atoms with Gasteiger partial charge in [-0.05, 0) is 6.08 Å². The maximum absolute atomic E-state index is 9.59. The molecule has 2 nitrogen and oxygen atoms in total. The minimum atomic E-state index is 0.241. The summed E-state index contributed by atoms with van der Waals surface area (Å²) in [7, 11) is 0. The third-order valence-electron chi connectivity index (χ3n) is 0.763. The second-order valence-corrected chi connectivity index (χ2v) is 1.39. The lowest BCUT2D eigenvalue weighted by Crippen LogP contribution is -1.72. The molecular weight excluding hydrogens is 92.1 g/mol. The maximum atomic E-state index is 9.59. The van der Waals surface area contributed by atoms with Crippen LogP contribution in [0.15, 0.2) is 12.2 Å². The predicted octanol–water partition coefficient (Wildman–Crippen LogP) is 0.140. The van der Waals surface area contributed by atoms with Gasteiger partial charge in [0, 0.05) is 0 Å². The number of hydrogen-bond donors (Lipinski definition) is 0. The summed E-state index contributed by atoms with van der Waals surface area (Å²) in [5.74, 6) is 0. The first-order chi connectivity index (χ1) is 3.43. The molecule has 0 radical (unpaired) electrons. The average molecular weight is 98.1 g/mol. The van der Waals surface area contributed by atoms with Gasteiger partial charge in [-0.3, -0.25) is 4.79 Å². The molecule has 0 aromatic carbocycles. The molecule has 0 aromatic heterocycles. The minimum absolute atomic E-state index is 0.241. The van der Waals surface area contributed by atoms with Gasteiger partial charge in [0.1, 0.15) is 6.29 Å². The van der Waals surface area contributed by atoms with Gasteiger partial charge in [-0.25, -0.2) is 0 Å². The maximum Gasteiger partial charge on any atom is 0.142 e. The molecule has 0 aromatic rings. The summed E-state index contributed by atoms with van der Waals surface area (Å²) >= 11 is 0. The zero-order chi connectivity index (χ0) is 5.11. The molecule has 0 saturated carbocycles. The van der Waals surface area contributed by atoms with E-state index in [4.69, 9.17) is 4.74 Å². The first-order valence-electron chi connectivity index (χ1n) is 2.17. The number of carbonyl (C=O) groups excluding carboxylic acids is 1. The van der Waals surface area contributed by atoms with Gasteiger partial charge in [0.05, 0.1) is 12.7 Å². The largest absolute Gasteiger partial charge is 0.369 e. The van der Waals surface area contributed by atoms with Crippen molar-refractivity contribution in [1.29, 1.82) is 0 Å². The molecule has 0 bridgehead atoms. The van der Waals surface area contributed by atoms with Crippen LogP contribution in [0.25, 0.3) is 0 Å². The van der Waals surface area contributed by atoms with Crippen molar-refractivity contribution in [2.45, 2.75) is 6.10 Å². The van der Waals surface area contributed by atoms with Crippen molar-refractivity contribution >= 4 is 6.29 Å². The van der Waals surface area contributed by atoms with Crippen LogP contribution in [-0.4, -0.2) is 19.0 Å². The van der Waals surface area contributed by atoms with Gasteiger partial charge in [-0.2, -0.15) is 0 Å². The van der Waals surface area contributed by atoms with E-state index < -0.39 is 0 Å². The van der Waals surface area contributed by atoms with Gasteiger partial charge in [0.15, 0.2) is 0 Å². The molecule has 1 heterocycles. The van der Waals surface area contributed by atoms with Crippen molar-refractivity contribution in [3.63, 3.8) is 0 Å². The van der Waals surface area contributed by atoms with E-state index in [2.05, 4.69) is 0 Å². The van der Waals surface area contributed by atoms with E-state index in [1.807, 2.05) is 0 Å². The molecule has 0 spiro atoms. The fourth-order valence-corrected chi connectivity index (χ4v) is 0.336. The number of carbonyl (C=O) groups is 1. The quantitative estimate of drug-likeness (QED) is 0.279. The Morgan fingerprint density at radius 3 is 2.86 bits per heavy atom. The SMILES string of the molecule is O=C/C=C/C1CO1. The Balaban J connectivity index is 2.17. The van der Waals surface area contributed by atoms with Crippen LogP contribution in [0.2, 0.25) is 0 Å². The molecule has 1 rings (SSSR count). The zero-order valence-corrected chi connectivity index (χ0v) is 3.83. The molecule has 1 atom stereocenters. The molecule has 1 saturated heterocycles. The Bertz CT molecular complexity index is 92.3. The zero-order valence-electron chi connectivity index (χ0n) is 3.83. The lowest BCUT2D eigenvalue weighted by Gasteiger charge is -1.66. The number of ether oxygens (including phenoxy) is 1. The van der Waals surface area contributed by atoms with E-state index in [9.17, 15) is 4.79 Å². The number of epoxide rings is 1. The molecule has 1 aliphatic heterocycles. The van der Waals surface area contributed by atoms with Crippen molar-refractivity contribution < 1.29 is 9.53 Å². The molecule has 0 aliphatic carbocycles. The Labute approximate surface area is 41.8 Å². The summed E-state index contributed by atoms with van der Waals surface area (Å²) < 4.78 is 4.76. The molecule has 38 valence electrons. The Morgan fingerprint density at radius 1 is 1.71 bits per heavy atom. The first-order valence-corrected chi connectivity index (χ1v) is 2.17. The molecule has 7 heavy (non-hydrogen) atoms. The van der Waals surface area contributed by atoms with Crippen LogP contribution >= 0.6 is 0 Å². The summed E-state index contributed by atoms with van der Waals surface area (Å²) in [6, 6.07) is 0. The van der Waals surface area contributed by atoms with Gasteiger partial charge in [-0.1, -0.05) is 6.08 Å². The van der Waals surface area contributed by atoms with Gasteiger partial charge in [-0.15, -0.1) is 0 Å². The normalized spacial score (nSPS) is 28.3. The molecule has 0 N–H and O–H groups in total. The second kappa shape index (κ2) is 1.89. The van der Waals surface area contributed by atoms with Crippen molar-refractivity contribution in [2.24, 2.45) is 0 Å². The van der Waals surface area contributed by atoms with Gasteiger partial charge in [0.25, 0.3) is 0 Å². The van der Waals surface area contributed by atoms with E-state index in [1.165, 1.54) is 6.08 Å². The van der Waals surface area contributed by atoms with Crippen molar-refractivity contribution in [1.82, 2.24) is 0 Å². The molecule has 2 heteroatoms. The highest BCUT2D eigenvalue weighted by molar-refractivity contribution is 5.64. The van der Waals surface area contributed by atoms with Crippen LogP contribution < -0.4 is 0 Å². The van der Waals surface area contributed by atoms with Crippen LogP contribution in [-0.2, 0) is 9.53 Å². The average Bonchev–Trinajstić information content (AvgIpc) is 2.42. The minimum Gasteiger partial charge on any atom is -0.369 e. The lowest BCUT2D eigenvalue weighted by atomic mass is 10.4. The van der Waals surface area contributed by atoms with Crippen LogP contribution in [0.5, 0.6) is 0 Å². The van der Waals surface area contributed by atoms with Gasteiger partial charge < -0.3 is 4.74 Å². The van der Waals surface area contributed by atoms with Crippen molar-refractivity contribution in [2.75, 3.05) is 6.61 Å². The summed E-state index contributed by atoms with van der Waals surface area (Å²) in [5, 5.41) is 0. The Kier molecular flexibility index (Phi) is 1.22. The Morgan fingerprint density at radius 2 is 2.43 bits per heavy atom. The van der Waals surface area contributed by atoms with Crippen molar-refractivity contribution in [3.8, 4) is 0 Å². The van der Waals surface area contributed by atoms with E-state index >= 15 is 0 Å². The monoisotopic (exact) mass is 98.0 g/mol. The molecule has 1 unspecified atom stereocenters. The second-order valence-electron chi connectivity index (χ2n) is 1.39. The summed E-state index contributed by atoms with van der Waals surface area (Å²) in [4.78, 5) is 9.59. The number of rotatable bonds is 2. The molecule has 1 aliphatic rings. The molecule has 0 amide bonds. The van der Waals surface area contributed by atoms with Crippen LogP contribution in [0, 0.1) is 0 Å². The van der Waals surface area contributed by atoms with Gasteiger partial charge >= 0.3 is 0 Å².